The lowest BCUT2D eigenvalue weighted by molar-refractivity contribution is 0.627. The summed E-state index contributed by atoms with van der Waals surface area (Å²) in [5.74, 6) is -0.432. The fourth-order valence-corrected chi connectivity index (χ4v) is 1.21. The molecule has 0 heterocycles. The Morgan fingerprint density at radius 1 is 1.20 bits per heavy atom. The number of hydrogen-bond acceptors (Lipinski definition) is 0. The largest absolute Gasteiger partial charge is 0.207 e. The van der Waals surface area contributed by atoms with E-state index in [1.807, 2.05) is 0 Å². The van der Waals surface area contributed by atoms with Crippen LogP contribution in [0.4, 0.5) is 4.39 Å². The Hall–Kier alpha value is 0.210. The quantitative estimate of drug-likeness (QED) is 0.479. The predicted molar refractivity (Wildman–Crippen MR) is 44.1 cm³/mol. The first-order valence-electron chi connectivity index (χ1n) is 2.41. The van der Waals surface area contributed by atoms with Crippen molar-refractivity contribution in [1.82, 2.24) is 0 Å². The number of hydrogen-bond donors (Lipinski definition) is 0. The van der Waals surface area contributed by atoms with Gasteiger partial charge in [0, 0.05) is 0 Å². The van der Waals surface area contributed by atoms with Gasteiger partial charge in [-0.05, 0) is 28.1 Å². The molecule has 0 aliphatic heterocycles. The van der Waals surface area contributed by atoms with E-state index in [1.54, 1.807) is 0 Å². The molecule has 0 unspecified atom stereocenters. The Morgan fingerprint density at radius 3 is 2.00 bits per heavy atom. The highest BCUT2D eigenvalue weighted by molar-refractivity contribution is 9.10. The monoisotopic (exact) mass is 242 g/mol. The number of halogens is 4. The van der Waals surface area contributed by atoms with Crippen LogP contribution < -0.4 is 0 Å². The van der Waals surface area contributed by atoms with Crippen LogP contribution in [-0.4, -0.2) is 0 Å². The van der Waals surface area contributed by atoms with Crippen molar-refractivity contribution in [2.24, 2.45) is 0 Å². The molecule has 1 aromatic rings. The molecule has 0 bridgehead atoms. The maximum atomic E-state index is 12.4. The van der Waals surface area contributed by atoms with Crippen molar-refractivity contribution in [1.29, 1.82) is 0 Å². The van der Waals surface area contributed by atoms with Gasteiger partial charge in [0.2, 0.25) is 0 Å². The Labute approximate surface area is 76.1 Å². The Balaban J connectivity index is 3.31. The van der Waals surface area contributed by atoms with E-state index < -0.39 is 5.82 Å². The molecule has 0 saturated heterocycles. The van der Waals surface area contributed by atoms with Gasteiger partial charge in [0.15, 0.2) is 0 Å². The number of benzene rings is 1. The van der Waals surface area contributed by atoms with Gasteiger partial charge < -0.3 is 0 Å². The molecule has 0 aromatic heterocycles. The molecule has 1 rings (SSSR count). The Morgan fingerprint density at radius 2 is 1.60 bits per heavy atom. The highest BCUT2D eigenvalue weighted by atomic mass is 79.9. The van der Waals surface area contributed by atoms with Crippen LogP contribution in [0, 0.1) is 5.82 Å². The number of rotatable bonds is 0. The van der Waals surface area contributed by atoms with Crippen molar-refractivity contribution in [2.75, 3.05) is 0 Å². The molecule has 0 aliphatic rings. The van der Waals surface area contributed by atoms with Gasteiger partial charge in [-0.3, -0.25) is 0 Å². The summed E-state index contributed by atoms with van der Waals surface area (Å²) in [5, 5.41) is 0.565. The molecule has 0 saturated carbocycles. The maximum absolute atomic E-state index is 12.4. The fourth-order valence-electron chi connectivity index (χ4n) is 0.525. The molecule has 0 aliphatic carbocycles. The molecule has 4 heteroatoms. The summed E-state index contributed by atoms with van der Waals surface area (Å²) in [6.45, 7) is 0. The highest BCUT2D eigenvalue weighted by Gasteiger charge is 2.03. The molecule has 0 N–H and O–H groups in total. The van der Waals surface area contributed by atoms with Gasteiger partial charge in [0.1, 0.15) is 5.82 Å². The zero-order chi connectivity index (χ0) is 7.72. The van der Waals surface area contributed by atoms with Crippen LogP contribution in [0.3, 0.4) is 0 Å². The van der Waals surface area contributed by atoms with Crippen molar-refractivity contribution >= 4 is 39.1 Å². The Kier molecular flexibility index (Phi) is 2.55. The van der Waals surface area contributed by atoms with Crippen LogP contribution in [0.15, 0.2) is 16.6 Å². The minimum absolute atomic E-state index is 0.282. The van der Waals surface area contributed by atoms with E-state index in [0.29, 0.717) is 4.47 Å². The van der Waals surface area contributed by atoms with Gasteiger partial charge >= 0.3 is 0 Å². The van der Waals surface area contributed by atoms with Crippen LogP contribution in [-0.2, 0) is 0 Å². The summed E-state index contributed by atoms with van der Waals surface area (Å²) in [6.07, 6.45) is 0. The second-order valence-electron chi connectivity index (χ2n) is 1.68. The van der Waals surface area contributed by atoms with E-state index in [1.165, 1.54) is 12.1 Å². The van der Waals surface area contributed by atoms with Crippen molar-refractivity contribution in [3.8, 4) is 0 Å². The zero-order valence-electron chi connectivity index (χ0n) is 4.67. The molecular weight excluding hydrogens is 242 g/mol. The van der Waals surface area contributed by atoms with Crippen molar-refractivity contribution in [3.63, 3.8) is 0 Å². The molecule has 0 fully saturated rings. The van der Waals surface area contributed by atoms with Gasteiger partial charge in [-0.25, -0.2) is 4.39 Å². The lowest BCUT2D eigenvalue weighted by atomic mass is 10.3. The maximum Gasteiger partial charge on any atom is 0.126 e. The summed E-state index contributed by atoms with van der Waals surface area (Å²) >= 11 is 14.2. The van der Waals surface area contributed by atoms with Gasteiger partial charge in [0.25, 0.3) is 0 Å². The molecular formula is C6H2BrCl2F. The summed E-state index contributed by atoms with van der Waals surface area (Å²) < 4.78 is 12.9. The average molecular weight is 244 g/mol. The second kappa shape index (κ2) is 3.07. The van der Waals surface area contributed by atoms with Crippen molar-refractivity contribution in [3.05, 3.63) is 32.5 Å². The summed E-state index contributed by atoms with van der Waals surface area (Å²) in [7, 11) is 0. The van der Waals surface area contributed by atoms with E-state index in [9.17, 15) is 4.39 Å². The lowest BCUT2D eigenvalue weighted by Crippen LogP contribution is -1.76. The van der Waals surface area contributed by atoms with Gasteiger partial charge in [-0.2, -0.15) is 0 Å². The second-order valence-corrected chi connectivity index (χ2v) is 3.29. The fraction of sp³-hybridized carbons (Fsp3) is 0. The summed E-state index contributed by atoms with van der Waals surface area (Å²) in [4.78, 5) is 0. The molecule has 1 aromatic carbocycles. The predicted octanol–water partition coefficient (Wildman–Crippen LogP) is 3.90. The molecule has 54 valence electrons. The standard InChI is InChI=1S/C6H2BrCl2F/c7-6-4(8)1-3(10)2-5(6)9/h1-2H. The van der Waals surface area contributed by atoms with Crippen LogP contribution in [0.1, 0.15) is 0 Å². The van der Waals surface area contributed by atoms with Gasteiger partial charge in [-0.15, -0.1) is 0 Å². The van der Waals surface area contributed by atoms with Gasteiger partial charge in [-0.1, -0.05) is 23.2 Å². The average Bonchev–Trinajstić information content (AvgIpc) is 1.82. The molecule has 10 heavy (non-hydrogen) atoms. The smallest absolute Gasteiger partial charge is 0.126 e. The van der Waals surface area contributed by atoms with Gasteiger partial charge in [0.05, 0.1) is 14.5 Å². The molecule has 0 radical (unpaired) electrons. The first-order chi connectivity index (χ1) is 4.61. The zero-order valence-corrected chi connectivity index (χ0v) is 7.76. The van der Waals surface area contributed by atoms with Crippen molar-refractivity contribution < 1.29 is 4.39 Å². The summed E-state index contributed by atoms with van der Waals surface area (Å²) in [6, 6.07) is 2.38. The first kappa shape index (κ1) is 8.31. The van der Waals surface area contributed by atoms with E-state index in [2.05, 4.69) is 15.9 Å². The minimum atomic E-state index is -0.432. The SMILES string of the molecule is Fc1cc(Cl)c(Br)c(Cl)c1. The third-order valence-electron chi connectivity index (χ3n) is 0.949. The summed E-state index contributed by atoms with van der Waals surface area (Å²) in [5.41, 5.74) is 0. The first-order valence-corrected chi connectivity index (χ1v) is 3.96. The van der Waals surface area contributed by atoms with E-state index in [0.717, 1.165) is 0 Å². The van der Waals surface area contributed by atoms with Crippen LogP contribution in [0.5, 0.6) is 0 Å². The topological polar surface area (TPSA) is 0 Å². The van der Waals surface area contributed by atoms with Crippen LogP contribution in [0.25, 0.3) is 0 Å². The van der Waals surface area contributed by atoms with Crippen LogP contribution >= 0.6 is 39.1 Å². The molecule has 0 nitrogen and oxygen atoms in total. The molecule has 0 spiro atoms. The van der Waals surface area contributed by atoms with E-state index in [4.69, 9.17) is 23.2 Å². The lowest BCUT2D eigenvalue weighted by Gasteiger charge is -1.97. The minimum Gasteiger partial charge on any atom is -0.207 e. The third kappa shape index (κ3) is 1.62. The van der Waals surface area contributed by atoms with Crippen LogP contribution in [0.2, 0.25) is 10.0 Å². The Bertz CT molecular complexity index is 239. The van der Waals surface area contributed by atoms with E-state index >= 15 is 0 Å². The molecule has 0 amide bonds. The van der Waals surface area contributed by atoms with Crippen molar-refractivity contribution in [2.45, 2.75) is 0 Å². The van der Waals surface area contributed by atoms with E-state index in [-0.39, 0.29) is 10.0 Å². The molecule has 0 atom stereocenters. The third-order valence-corrected chi connectivity index (χ3v) is 2.86. The normalized spacial score (nSPS) is 10.0. The highest BCUT2D eigenvalue weighted by Crippen LogP contribution is 2.30.